The maximum absolute atomic E-state index is 13.2. The molecule has 4 rings (SSSR count). The first-order valence-electron chi connectivity index (χ1n) is 9.98. The molecule has 1 heterocycles. The molecule has 0 spiro atoms. The van der Waals surface area contributed by atoms with E-state index in [-0.39, 0.29) is 11.8 Å². The number of rotatable bonds is 5. The van der Waals surface area contributed by atoms with Gasteiger partial charge in [0.1, 0.15) is 5.00 Å². The van der Waals surface area contributed by atoms with Gasteiger partial charge < -0.3 is 10.6 Å². The summed E-state index contributed by atoms with van der Waals surface area (Å²) in [6.07, 6.45) is 3.74. The van der Waals surface area contributed by atoms with Gasteiger partial charge in [-0.3, -0.25) is 9.59 Å². The van der Waals surface area contributed by atoms with Gasteiger partial charge >= 0.3 is 0 Å². The van der Waals surface area contributed by atoms with Crippen molar-refractivity contribution in [3.05, 3.63) is 81.2 Å². The summed E-state index contributed by atoms with van der Waals surface area (Å²) in [4.78, 5) is 27.2. The summed E-state index contributed by atoms with van der Waals surface area (Å²) < 4.78 is 0. The third-order valence-electron chi connectivity index (χ3n) is 5.34. The van der Waals surface area contributed by atoms with Crippen LogP contribution in [-0.4, -0.2) is 11.8 Å². The largest absolute Gasteiger partial charge is 0.322 e. The van der Waals surface area contributed by atoms with E-state index in [0.717, 1.165) is 48.1 Å². The molecule has 0 fully saturated rings. The van der Waals surface area contributed by atoms with Crippen molar-refractivity contribution in [3.8, 4) is 0 Å². The van der Waals surface area contributed by atoms with E-state index < -0.39 is 0 Å². The van der Waals surface area contributed by atoms with Gasteiger partial charge in [-0.15, -0.1) is 11.3 Å². The molecule has 0 saturated heterocycles. The lowest BCUT2D eigenvalue weighted by Gasteiger charge is -2.12. The fourth-order valence-electron chi connectivity index (χ4n) is 3.75. The fraction of sp³-hybridized carbons (Fsp3) is 0.250. The zero-order chi connectivity index (χ0) is 20.4. The van der Waals surface area contributed by atoms with Crippen molar-refractivity contribution in [2.24, 2.45) is 0 Å². The van der Waals surface area contributed by atoms with Gasteiger partial charge in [0.25, 0.3) is 11.8 Å². The monoisotopic (exact) mass is 404 g/mol. The molecule has 0 aliphatic heterocycles. The second-order valence-corrected chi connectivity index (χ2v) is 8.45. The molecule has 0 unspecified atom stereocenters. The van der Waals surface area contributed by atoms with Crippen LogP contribution in [0.3, 0.4) is 0 Å². The van der Waals surface area contributed by atoms with E-state index in [2.05, 4.69) is 17.6 Å². The van der Waals surface area contributed by atoms with Gasteiger partial charge in [0, 0.05) is 16.1 Å². The molecule has 4 nitrogen and oxygen atoms in total. The zero-order valence-electron chi connectivity index (χ0n) is 16.7. The van der Waals surface area contributed by atoms with Gasteiger partial charge in [0.2, 0.25) is 0 Å². The van der Waals surface area contributed by atoms with Crippen LogP contribution in [0.15, 0.2) is 48.5 Å². The lowest BCUT2D eigenvalue weighted by Crippen LogP contribution is -2.18. The number of amides is 2. The van der Waals surface area contributed by atoms with E-state index in [1.165, 1.54) is 16.2 Å². The SMILES string of the molecule is CCc1ccccc1NC(=O)c1c(NC(=O)c2ccc(C)cc2)sc2c1CCC2. The Labute approximate surface area is 175 Å². The average molecular weight is 405 g/mol. The number of carbonyl (C=O) groups is 2. The molecule has 3 aromatic rings. The summed E-state index contributed by atoms with van der Waals surface area (Å²) in [5.74, 6) is -0.336. The first kappa shape index (κ1) is 19.4. The predicted octanol–water partition coefficient (Wildman–Crippen LogP) is 5.61. The molecule has 0 saturated carbocycles. The van der Waals surface area contributed by atoms with Crippen LogP contribution in [-0.2, 0) is 19.3 Å². The van der Waals surface area contributed by atoms with E-state index in [9.17, 15) is 9.59 Å². The second-order valence-electron chi connectivity index (χ2n) is 7.35. The van der Waals surface area contributed by atoms with Gasteiger partial charge in [-0.25, -0.2) is 0 Å². The highest BCUT2D eigenvalue weighted by molar-refractivity contribution is 7.17. The third kappa shape index (κ3) is 3.96. The Balaban J connectivity index is 1.63. The Bertz CT molecular complexity index is 1070. The molecule has 148 valence electrons. The third-order valence-corrected chi connectivity index (χ3v) is 6.54. The molecule has 0 bridgehead atoms. The van der Waals surface area contributed by atoms with Crippen molar-refractivity contribution in [2.45, 2.75) is 39.5 Å². The number of fused-ring (bicyclic) bond motifs is 1. The second kappa shape index (κ2) is 8.21. The number of carbonyl (C=O) groups excluding carboxylic acids is 2. The highest BCUT2D eigenvalue weighted by Crippen LogP contribution is 2.39. The van der Waals surface area contributed by atoms with E-state index >= 15 is 0 Å². The highest BCUT2D eigenvalue weighted by atomic mass is 32.1. The minimum absolute atomic E-state index is 0.149. The minimum Gasteiger partial charge on any atom is -0.322 e. The number of para-hydroxylation sites is 1. The van der Waals surface area contributed by atoms with Crippen LogP contribution in [0.4, 0.5) is 10.7 Å². The summed E-state index contributed by atoms with van der Waals surface area (Å²) in [7, 11) is 0. The molecule has 2 aromatic carbocycles. The average Bonchev–Trinajstić information content (AvgIpc) is 3.29. The maximum atomic E-state index is 13.2. The van der Waals surface area contributed by atoms with Gasteiger partial charge in [0.15, 0.2) is 0 Å². The lowest BCUT2D eigenvalue weighted by molar-refractivity contribution is 0.102. The Morgan fingerprint density at radius 1 is 0.966 bits per heavy atom. The minimum atomic E-state index is -0.187. The molecule has 5 heteroatoms. The Hall–Kier alpha value is -2.92. The molecule has 1 aliphatic carbocycles. The van der Waals surface area contributed by atoms with Crippen LogP contribution in [0.1, 0.15) is 55.6 Å². The van der Waals surface area contributed by atoms with Crippen LogP contribution in [0, 0.1) is 6.92 Å². The summed E-state index contributed by atoms with van der Waals surface area (Å²) in [6.45, 7) is 4.06. The van der Waals surface area contributed by atoms with Crippen molar-refractivity contribution in [2.75, 3.05) is 10.6 Å². The molecule has 0 radical (unpaired) electrons. The summed E-state index contributed by atoms with van der Waals surface area (Å²) >= 11 is 1.53. The van der Waals surface area contributed by atoms with E-state index in [1.807, 2.05) is 55.5 Å². The molecule has 1 aliphatic rings. The predicted molar refractivity (Wildman–Crippen MR) is 119 cm³/mol. The lowest BCUT2D eigenvalue weighted by atomic mass is 10.1. The molecule has 0 atom stereocenters. The van der Waals surface area contributed by atoms with Gasteiger partial charge in [-0.1, -0.05) is 42.8 Å². The van der Waals surface area contributed by atoms with Crippen molar-refractivity contribution in [1.29, 1.82) is 0 Å². The highest BCUT2D eigenvalue weighted by Gasteiger charge is 2.28. The van der Waals surface area contributed by atoms with Gasteiger partial charge in [0.05, 0.1) is 5.56 Å². The van der Waals surface area contributed by atoms with Crippen LogP contribution >= 0.6 is 11.3 Å². The first-order valence-corrected chi connectivity index (χ1v) is 10.8. The van der Waals surface area contributed by atoms with E-state index in [1.54, 1.807) is 0 Å². The molecular weight excluding hydrogens is 380 g/mol. The van der Waals surface area contributed by atoms with Crippen molar-refractivity contribution < 1.29 is 9.59 Å². The summed E-state index contributed by atoms with van der Waals surface area (Å²) in [5.41, 5.74) is 5.32. The number of nitrogens with one attached hydrogen (secondary N) is 2. The number of thiophene rings is 1. The molecule has 29 heavy (non-hydrogen) atoms. The van der Waals surface area contributed by atoms with E-state index in [4.69, 9.17) is 0 Å². The smallest absolute Gasteiger partial charge is 0.258 e. The number of anilines is 2. The van der Waals surface area contributed by atoms with Crippen LogP contribution in [0.25, 0.3) is 0 Å². The Morgan fingerprint density at radius 3 is 2.48 bits per heavy atom. The normalized spacial score (nSPS) is 12.5. The fourth-order valence-corrected chi connectivity index (χ4v) is 5.03. The number of hydrogen-bond donors (Lipinski definition) is 2. The standard InChI is InChI=1S/C24H24N2O2S/c1-3-16-7-4-5-9-19(16)25-23(28)21-18-8-6-10-20(18)29-24(21)26-22(27)17-13-11-15(2)12-14-17/h4-5,7,9,11-14H,3,6,8,10H2,1-2H3,(H,25,28)(H,26,27). The number of hydrogen-bond acceptors (Lipinski definition) is 3. The van der Waals surface area contributed by atoms with Gasteiger partial charge in [-0.2, -0.15) is 0 Å². The Morgan fingerprint density at radius 2 is 1.72 bits per heavy atom. The quantitative estimate of drug-likeness (QED) is 0.580. The number of aryl methyl sites for hydroxylation is 3. The first-order chi connectivity index (χ1) is 14.1. The Kier molecular flexibility index (Phi) is 5.49. The maximum Gasteiger partial charge on any atom is 0.258 e. The topological polar surface area (TPSA) is 58.2 Å². The van der Waals surface area contributed by atoms with Crippen molar-refractivity contribution in [1.82, 2.24) is 0 Å². The summed E-state index contributed by atoms with van der Waals surface area (Å²) in [5, 5.41) is 6.71. The van der Waals surface area contributed by atoms with Gasteiger partial charge in [-0.05, 0) is 61.9 Å². The van der Waals surface area contributed by atoms with Crippen LogP contribution < -0.4 is 10.6 Å². The summed E-state index contributed by atoms with van der Waals surface area (Å²) in [6, 6.07) is 15.3. The van der Waals surface area contributed by atoms with Crippen LogP contribution in [0.2, 0.25) is 0 Å². The van der Waals surface area contributed by atoms with Crippen LogP contribution in [0.5, 0.6) is 0 Å². The molecule has 2 N–H and O–H groups in total. The molecule has 2 amide bonds. The number of benzene rings is 2. The van der Waals surface area contributed by atoms with Crippen molar-refractivity contribution in [3.63, 3.8) is 0 Å². The van der Waals surface area contributed by atoms with E-state index in [0.29, 0.717) is 16.1 Å². The van der Waals surface area contributed by atoms with Crippen molar-refractivity contribution >= 4 is 33.8 Å². The zero-order valence-corrected chi connectivity index (χ0v) is 17.5. The molecular formula is C24H24N2O2S. The molecule has 1 aromatic heterocycles.